The van der Waals surface area contributed by atoms with Crippen molar-refractivity contribution in [2.24, 2.45) is 0 Å². The lowest BCUT2D eigenvalue weighted by Crippen LogP contribution is -2.29. The number of nitrogens with zero attached hydrogens (tertiary/aromatic N) is 1. The van der Waals surface area contributed by atoms with E-state index < -0.39 is 6.04 Å². The average Bonchev–Trinajstić information content (AvgIpc) is 3.11. The van der Waals surface area contributed by atoms with Crippen LogP contribution in [0.5, 0.6) is 5.75 Å². The van der Waals surface area contributed by atoms with Crippen molar-refractivity contribution in [3.63, 3.8) is 0 Å². The number of para-hydroxylation sites is 2. The summed E-state index contributed by atoms with van der Waals surface area (Å²) in [5, 5.41) is 0.469. The number of carbonyl (C=O) groups excluding carboxylic acids is 1. The van der Waals surface area contributed by atoms with Gasteiger partial charge in [-0.1, -0.05) is 49.4 Å². The molecule has 0 radical (unpaired) electrons. The summed E-state index contributed by atoms with van der Waals surface area (Å²) in [4.78, 5) is 28.6. The summed E-state index contributed by atoms with van der Waals surface area (Å²) in [7, 11) is 0. The first kappa shape index (κ1) is 19.1. The van der Waals surface area contributed by atoms with E-state index in [9.17, 15) is 9.59 Å². The third-order valence-electron chi connectivity index (χ3n) is 5.48. The molecule has 1 aliphatic rings. The van der Waals surface area contributed by atoms with E-state index in [0.717, 1.165) is 17.7 Å². The van der Waals surface area contributed by atoms with E-state index >= 15 is 0 Å². The molecule has 0 aliphatic carbocycles. The van der Waals surface area contributed by atoms with Gasteiger partial charge in [0, 0.05) is 5.69 Å². The van der Waals surface area contributed by atoms with Crippen molar-refractivity contribution in [1.82, 2.24) is 0 Å². The summed E-state index contributed by atoms with van der Waals surface area (Å²) < 4.78 is 11.7. The summed E-state index contributed by atoms with van der Waals surface area (Å²) in [6.07, 6.45) is 0.919. The van der Waals surface area contributed by atoms with Gasteiger partial charge >= 0.3 is 0 Å². The molecule has 2 heterocycles. The fraction of sp³-hybridized carbons (Fsp3) is 0.154. The normalized spacial score (nSPS) is 15.3. The van der Waals surface area contributed by atoms with Crippen LogP contribution >= 0.6 is 0 Å². The van der Waals surface area contributed by atoms with Crippen LogP contribution in [-0.2, 0) is 0 Å². The summed E-state index contributed by atoms with van der Waals surface area (Å²) in [6, 6.07) is 23.4. The first-order valence-electron chi connectivity index (χ1n) is 10.4. The van der Waals surface area contributed by atoms with Gasteiger partial charge in [0.15, 0.2) is 5.43 Å². The van der Waals surface area contributed by atoms with Crippen LogP contribution in [0.1, 0.15) is 41.1 Å². The fourth-order valence-corrected chi connectivity index (χ4v) is 4.06. The number of fused-ring (bicyclic) bond motifs is 2. The highest BCUT2D eigenvalue weighted by molar-refractivity contribution is 6.10. The quantitative estimate of drug-likeness (QED) is 0.445. The topological polar surface area (TPSA) is 59.8 Å². The van der Waals surface area contributed by atoms with E-state index in [2.05, 4.69) is 6.92 Å². The van der Waals surface area contributed by atoms with Crippen molar-refractivity contribution in [3.05, 3.63) is 106 Å². The van der Waals surface area contributed by atoms with E-state index in [4.69, 9.17) is 9.15 Å². The summed E-state index contributed by atoms with van der Waals surface area (Å²) >= 11 is 0. The van der Waals surface area contributed by atoms with Crippen molar-refractivity contribution in [2.45, 2.75) is 19.4 Å². The maximum absolute atomic E-state index is 13.5. The summed E-state index contributed by atoms with van der Waals surface area (Å²) in [5.41, 5.74) is 2.13. The molecule has 0 N–H and O–H groups in total. The third-order valence-corrected chi connectivity index (χ3v) is 5.48. The molecule has 1 aliphatic heterocycles. The zero-order valence-electron chi connectivity index (χ0n) is 17.1. The van der Waals surface area contributed by atoms with Crippen molar-refractivity contribution < 1.29 is 13.9 Å². The Balaban J connectivity index is 1.71. The van der Waals surface area contributed by atoms with Gasteiger partial charge in [0.25, 0.3) is 5.91 Å². The molecule has 0 saturated heterocycles. The van der Waals surface area contributed by atoms with Gasteiger partial charge < -0.3 is 9.15 Å². The van der Waals surface area contributed by atoms with Crippen molar-refractivity contribution in [2.75, 3.05) is 11.5 Å². The number of anilines is 1. The molecule has 154 valence electrons. The summed E-state index contributed by atoms with van der Waals surface area (Å²) in [6.45, 7) is 2.69. The maximum Gasteiger partial charge on any atom is 0.295 e. The van der Waals surface area contributed by atoms with Crippen LogP contribution in [0.2, 0.25) is 0 Å². The van der Waals surface area contributed by atoms with Gasteiger partial charge in [0.1, 0.15) is 11.3 Å². The van der Waals surface area contributed by atoms with Gasteiger partial charge in [0.2, 0.25) is 5.76 Å². The van der Waals surface area contributed by atoms with Crippen molar-refractivity contribution in [1.29, 1.82) is 0 Å². The Morgan fingerprint density at radius 1 is 0.903 bits per heavy atom. The van der Waals surface area contributed by atoms with Gasteiger partial charge in [0.05, 0.1) is 23.6 Å². The Kier molecular flexibility index (Phi) is 4.79. The summed E-state index contributed by atoms with van der Waals surface area (Å²) in [5.74, 6) is 0.538. The molecule has 0 fully saturated rings. The van der Waals surface area contributed by atoms with E-state index in [0.29, 0.717) is 28.8 Å². The van der Waals surface area contributed by atoms with Gasteiger partial charge in [-0.25, -0.2) is 0 Å². The van der Waals surface area contributed by atoms with Crippen LogP contribution in [0.4, 0.5) is 5.69 Å². The van der Waals surface area contributed by atoms with Crippen molar-refractivity contribution >= 4 is 22.6 Å². The smallest absolute Gasteiger partial charge is 0.295 e. The predicted molar refractivity (Wildman–Crippen MR) is 120 cm³/mol. The van der Waals surface area contributed by atoms with Crippen LogP contribution in [-0.4, -0.2) is 12.5 Å². The highest BCUT2D eigenvalue weighted by atomic mass is 16.5. The number of hydrogen-bond acceptors (Lipinski definition) is 4. The molecule has 0 bridgehead atoms. The Hall–Kier alpha value is -3.86. The maximum atomic E-state index is 13.5. The van der Waals surface area contributed by atoms with E-state index in [1.165, 1.54) is 0 Å². The van der Waals surface area contributed by atoms with Crippen molar-refractivity contribution in [3.8, 4) is 5.75 Å². The predicted octanol–water partition coefficient (Wildman–Crippen LogP) is 5.33. The first-order chi connectivity index (χ1) is 15.2. The second-order valence-electron chi connectivity index (χ2n) is 7.50. The molecule has 3 aromatic carbocycles. The zero-order chi connectivity index (χ0) is 21.4. The lowest BCUT2D eigenvalue weighted by molar-refractivity contribution is 0.0971. The standard InChI is InChI=1S/C26H21NO4/c1-2-16-30-19-14-12-17(13-15-19)23-22-24(28)20-10-6-7-11-21(20)31-25(22)26(29)27(23)18-8-4-3-5-9-18/h3-15,23H,2,16H2,1H3. The zero-order valence-corrected chi connectivity index (χ0v) is 17.1. The molecule has 31 heavy (non-hydrogen) atoms. The Labute approximate surface area is 179 Å². The first-order valence-corrected chi connectivity index (χ1v) is 10.4. The molecular weight excluding hydrogens is 390 g/mol. The second-order valence-corrected chi connectivity index (χ2v) is 7.50. The molecule has 0 spiro atoms. The highest BCUT2D eigenvalue weighted by Gasteiger charge is 2.43. The molecule has 5 rings (SSSR count). The minimum Gasteiger partial charge on any atom is -0.494 e. The van der Waals surface area contributed by atoms with Crippen LogP contribution in [0.15, 0.2) is 88.1 Å². The molecule has 1 amide bonds. The molecule has 1 atom stereocenters. The number of amides is 1. The Morgan fingerprint density at radius 3 is 2.35 bits per heavy atom. The van der Waals surface area contributed by atoms with E-state index in [1.54, 1.807) is 29.2 Å². The second kappa shape index (κ2) is 7.76. The van der Waals surface area contributed by atoms with Crippen LogP contribution in [0.3, 0.4) is 0 Å². The average molecular weight is 411 g/mol. The minimum absolute atomic E-state index is 0.101. The number of ether oxygens (including phenoxy) is 1. The molecule has 1 unspecified atom stereocenters. The highest BCUT2D eigenvalue weighted by Crippen LogP contribution is 2.41. The monoisotopic (exact) mass is 411 g/mol. The number of rotatable bonds is 5. The molecule has 5 nitrogen and oxygen atoms in total. The Bertz CT molecular complexity index is 1310. The van der Waals surface area contributed by atoms with Gasteiger partial charge in [-0.15, -0.1) is 0 Å². The number of carbonyl (C=O) groups is 1. The van der Waals surface area contributed by atoms with E-state index in [-0.39, 0.29) is 17.1 Å². The lowest BCUT2D eigenvalue weighted by atomic mass is 9.98. The molecule has 0 saturated carbocycles. The minimum atomic E-state index is -0.578. The third kappa shape index (κ3) is 3.19. The van der Waals surface area contributed by atoms with Gasteiger partial charge in [-0.2, -0.15) is 0 Å². The van der Waals surface area contributed by atoms with Gasteiger partial charge in [-0.3, -0.25) is 14.5 Å². The number of hydrogen-bond donors (Lipinski definition) is 0. The lowest BCUT2D eigenvalue weighted by Gasteiger charge is -2.25. The van der Waals surface area contributed by atoms with Gasteiger partial charge in [-0.05, 0) is 48.4 Å². The largest absolute Gasteiger partial charge is 0.494 e. The van der Waals surface area contributed by atoms with E-state index in [1.807, 2.05) is 54.6 Å². The fourth-order valence-electron chi connectivity index (χ4n) is 4.06. The molecular formula is C26H21NO4. The molecule has 5 heteroatoms. The van der Waals surface area contributed by atoms with Crippen LogP contribution < -0.4 is 15.1 Å². The van der Waals surface area contributed by atoms with Crippen LogP contribution in [0.25, 0.3) is 11.0 Å². The SMILES string of the molecule is CCCOc1ccc(C2c3c(oc4ccccc4c3=O)C(=O)N2c2ccccc2)cc1. The Morgan fingerprint density at radius 2 is 1.61 bits per heavy atom. The molecule has 4 aromatic rings. The van der Waals surface area contributed by atoms with Crippen LogP contribution in [0, 0.1) is 0 Å². The number of benzene rings is 3. The molecule has 1 aromatic heterocycles.